The summed E-state index contributed by atoms with van der Waals surface area (Å²) in [4.78, 5) is 15.5. The summed E-state index contributed by atoms with van der Waals surface area (Å²) in [5.41, 5.74) is 8.28. The first kappa shape index (κ1) is 21.1. The number of amides is 1. The van der Waals surface area contributed by atoms with Crippen molar-refractivity contribution in [2.45, 2.75) is 26.9 Å². The Balaban J connectivity index is 2.02. The minimum atomic E-state index is -0.506. The SMILES string of the molecule is CCNC(=NCc1cccc(OCC(N)=O)c1)NCc1ccc(C)cc1OC. The van der Waals surface area contributed by atoms with E-state index >= 15 is 0 Å². The number of hydrogen-bond donors (Lipinski definition) is 3. The molecule has 0 unspecified atom stereocenters. The predicted octanol–water partition coefficient (Wildman–Crippen LogP) is 2.12. The molecule has 0 saturated heterocycles. The summed E-state index contributed by atoms with van der Waals surface area (Å²) in [5.74, 6) is 1.64. The number of rotatable bonds is 9. The van der Waals surface area contributed by atoms with Crippen molar-refractivity contribution in [3.05, 3.63) is 59.2 Å². The molecule has 7 heteroatoms. The maximum atomic E-state index is 10.8. The Labute approximate surface area is 165 Å². The van der Waals surface area contributed by atoms with Crippen LogP contribution in [0.5, 0.6) is 11.5 Å². The topological polar surface area (TPSA) is 98.0 Å². The van der Waals surface area contributed by atoms with Crippen molar-refractivity contribution in [1.82, 2.24) is 10.6 Å². The van der Waals surface area contributed by atoms with Crippen LogP contribution in [0.1, 0.15) is 23.6 Å². The van der Waals surface area contributed by atoms with Gasteiger partial charge in [0.05, 0.1) is 13.7 Å². The molecule has 2 aromatic rings. The van der Waals surface area contributed by atoms with Crippen molar-refractivity contribution in [1.29, 1.82) is 0 Å². The van der Waals surface area contributed by atoms with Crippen LogP contribution < -0.4 is 25.8 Å². The Morgan fingerprint density at radius 2 is 2.00 bits per heavy atom. The van der Waals surface area contributed by atoms with Crippen LogP contribution in [0.15, 0.2) is 47.5 Å². The molecule has 0 radical (unpaired) electrons. The van der Waals surface area contributed by atoms with E-state index in [1.165, 1.54) is 0 Å². The number of nitrogens with zero attached hydrogens (tertiary/aromatic N) is 1. The molecule has 0 aromatic heterocycles. The van der Waals surface area contributed by atoms with E-state index in [1.807, 2.05) is 44.2 Å². The fourth-order valence-corrected chi connectivity index (χ4v) is 2.58. The van der Waals surface area contributed by atoms with Crippen molar-refractivity contribution in [3.63, 3.8) is 0 Å². The molecule has 0 heterocycles. The molecule has 150 valence electrons. The van der Waals surface area contributed by atoms with Crippen molar-refractivity contribution in [2.75, 3.05) is 20.3 Å². The number of carbonyl (C=O) groups is 1. The summed E-state index contributed by atoms with van der Waals surface area (Å²) in [7, 11) is 1.67. The molecule has 2 rings (SSSR count). The van der Waals surface area contributed by atoms with E-state index in [2.05, 4.69) is 21.7 Å². The van der Waals surface area contributed by atoms with E-state index < -0.39 is 5.91 Å². The number of aliphatic imine (C=N–C) groups is 1. The van der Waals surface area contributed by atoms with Crippen molar-refractivity contribution >= 4 is 11.9 Å². The van der Waals surface area contributed by atoms with Gasteiger partial charge in [-0.1, -0.05) is 24.3 Å². The molecule has 7 nitrogen and oxygen atoms in total. The van der Waals surface area contributed by atoms with Gasteiger partial charge in [0.1, 0.15) is 11.5 Å². The molecule has 1 amide bonds. The van der Waals surface area contributed by atoms with E-state index in [-0.39, 0.29) is 6.61 Å². The lowest BCUT2D eigenvalue weighted by atomic mass is 10.1. The molecular weight excluding hydrogens is 356 g/mol. The lowest BCUT2D eigenvalue weighted by Gasteiger charge is -2.14. The molecule has 4 N–H and O–H groups in total. The van der Waals surface area contributed by atoms with E-state index in [1.54, 1.807) is 13.2 Å². The molecule has 0 aliphatic carbocycles. The summed E-state index contributed by atoms with van der Waals surface area (Å²) < 4.78 is 10.8. The van der Waals surface area contributed by atoms with Gasteiger partial charge in [0.15, 0.2) is 12.6 Å². The number of nitrogens with one attached hydrogen (secondary N) is 2. The highest BCUT2D eigenvalue weighted by Crippen LogP contribution is 2.19. The van der Waals surface area contributed by atoms with E-state index in [4.69, 9.17) is 15.2 Å². The van der Waals surface area contributed by atoms with E-state index in [9.17, 15) is 4.79 Å². The largest absolute Gasteiger partial charge is 0.496 e. The number of methoxy groups -OCH3 is 1. The van der Waals surface area contributed by atoms with Crippen LogP contribution in [-0.4, -0.2) is 32.1 Å². The Hall–Kier alpha value is -3.22. The number of guanidine groups is 1. The van der Waals surface area contributed by atoms with Crippen LogP contribution >= 0.6 is 0 Å². The van der Waals surface area contributed by atoms with Crippen molar-refractivity contribution in [2.24, 2.45) is 10.7 Å². The molecule has 0 fully saturated rings. The first-order valence-corrected chi connectivity index (χ1v) is 9.17. The lowest BCUT2D eigenvalue weighted by Crippen LogP contribution is -2.36. The van der Waals surface area contributed by atoms with Gasteiger partial charge in [-0.2, -0.15) is 0 Å². The van der Waals surface area contributed by atoms with Gasteiger partial charge in [0, 0.05) is 18.7 Å². The third-order valence-electron chi connectivity index (χ3n) is 3.93. The Morgan fingerprint density at radius 3 is 2.71 bits per heavy atom. The van der Waals surface area contributed by atoms with Crippen molar-refractivity contribution < 1.29 is 14.3 Å². The molecule has 0 aliphatic rings. The van der Waals surface area contributed by atoms with Crippen LogP contribution in [0.4, 0.5) is 0 Å². The van der Waals surface area contributed by atoms with Gasteiger partial charge < -0.3 is 25.8 Å². The van der Waals surface area contributed by atoms with E-state index in [0.29, 0.717) is 24.8 Å². The fourth-order valence-electron chi connectivity index (χ4n) is 2.58. The molecule has 0 spiro atoms. The van der Waals surface area contributed by atoms with Crippen molar-refractivity contribution in [3.8, 4) is 11.5 Å². The quantitative estimate of drug-likeness (QED) is 0.454. The average Bonchev–Trinajstić information content (AvgIpc) is 2.69. The smallest absolute Gasteiger partial charge is 0.255 e. The average molecular weight is 384 g/mol. The zero-order valence-corrected chi connectivity index (χ0v) is 16.6. The third-order valence-corrected chi connectivity index (χ3v) is 3.93. The maximum Gasteiger partial charge on any atom is 0.255 e. The summed E-state index contributed by atoms with van der Waals surface area (Å²) in [5, 5.41) is 6.55. The van der Waals surface area contributed by atoms with Gasteiger partial charge in [-0.3, -0.25) is 4.79 Å². The summed E-state index contributed by atoms with van der Waals surface area (Å²) in [6.45, 7) is 5.72. The molecule has 0 saturated carbocycles. The minimum Gasteiger partial charge on any atom is -0.496 e. The summed E-state index contributed by atoms with van der Waals surface area (Å²) in [6, 6.07) is 13.6. The molecule has 28 heavy (non-hydrogen) atoms. The Morgan fingerprint density at radius 1 is 1.18 bits per heavy atom. The highest BCUT2D eigenvalue weighted by atomic mass is 16.5. The number of carbonyl (C=O) groups excluding carboxylic acids is 1. The number of nitrogens with two attached hydrogens (primary N) is 1. The Kier molecular flexibility index (Phi) is 8.14. The molecule has 2 aromatic carbocycles. The number of ether oxygens (including phenoxy) is 2. The number of hydrogen-bond acceptors (Lipinski definition) is 4. The first-order valence-electron chi connectivity index (χ1n) is 9.17. The van der Waals surface area contributed by atoms with Gasteiger partial charge in [-0.15, -0.1) is 0 Å². The monoisotopic (exact) mass is 384 g/mol. The summed E-state index contributed by atoms with van der Waals surface area (Å²) >= 11 is 0. The standard InChI is InChI=1S/C21H28N4O3/c1-4-23-21(25-13-17-9-8-15(2)10-19(17)27-3)24-12-16-6-5-7-18(11-16)28-14-20(22)26/h5-11H,4,12-14H2,1-3H3,(H2,22,26)(H2,23,24,25). The highest BCUT2D eigenvalue weighted by molar-refractivity contribution is 5.79. The molecule has 0 bridgehead atoms. The van der Waals surface area contributed by atoms with Crippen LogP contribution in [0.3, 0.4) is 0 Å². The second kappa shape index (κ2) is 10.8. The molecule has 0 atom stereocenters. The van der Waals surface area contributed by atoms with Crippen LogP contribution in [0, 0.1) is 6.92 Å². The minimum absolute atomic E-state index is 0.144. The lowest BCUT2D eigenvalue weighted by molar-refractivity contribution is -0.119. The zero-order valence-electron chi connectivity index (χ0n) is 16.6. The van der Waals surface area contributed by atoms with Gasteiger partial charge in [0.2, 0.25) is 0 Å². The van der Waals surface area contributed by atoms with Crippen LogP contribution in [-0.2, 0) is 17.9 Å². The Bertz CT molecular complexity index is 821. The van der Waals surface area contributed by atoms with E-state index in [0.717, 1.165) is 29.0 Å². The van der Waals surface area contributed by atoms with Gasteiger partial charge in [0.25, 0.3) is 5.91 Å². The number of benzene rings is 2. The number of aryl methyl sites for hydroxylation is 1. The second-order valence-corrected chi connectivity index (χ2v) is 6.27. The van der Waals surface area contributed by atoms with Crippen LogP contribution in [0.2, 0.25) is 0 Å². The zero-order chi connectivity index (χ0) is 20.4. The predicted molar refractivity (Wildman–Crippen MR) is 111 cm³/mol. The fraction of sp³-hybridized carbons (Fsp3) is 0.333. The normalized spacial score (nSPS) is 11.0. The molecule has 0 aliphatic heterocycles. The maximum absolute atomic E-state index is 10.8. The summed E-state index contributed by atoms with van der Waals surface area (Å²) in [6.07, 6.45) is 0. The first-order chi connectivity index (χ1) is 13.5. The van der Waals surface area contributed by atoms with Gasteiger partial charge in [-0.05, 0) is 43.2 Å². The highest BCUT2D eigenvalue weighted by Gasteiger charge is 2.05. The van der Waals surface area contributed by atoms with Gasteiger partial charge in [-0.25, -0.2) is 4.99 Å². The third kappa shape index (κ3) is 6.83. The number of primary amides is 1. The molecular formula is C21H28N4O3. The second-order valence-electron chi connectivity index (χ2n) is 6.27. The van der Waals surface area contributed by atoms with Crippen LogP contribution in [0.25, 0.3) is 0 Å². The van der Waals surface area contributed by atoms with Gasteiger partial charge >= 0.3 is 0 Å².